The average molecular weight is 852 g/mol. The number of carbonyl (C=O) groups excluding carboxylic acids is 4. The number of cyclic esters (lactones) is 1. The molecule has 4 amide bonds. The molecule has 3 N–H and O–H groups in total. The molecule has 1 saturated heterocycles. The van der Waals surface area contributed by atoms with Crippen molar-refractivity contribution in [2.75, 3.05) is 26.9 Å². The zero-order valence-corrected chi connectivity index (χ0v) is 36.4. The molecule has 3 saturated carbocycles. The highest BCUT2D eigenvalue weighted by atomic mass is 32.2. The molecule has 5 aliphatic rings. The Labute approximate surface area is 353 Å². The Morgan fingerprint density at radius 2 is 1.85 bits per heavy atom. The van der Waals surface area contributed by atoms with Gasteiger partial charge in [-0.2, -0.15) is 0 Å². The number of aromatic nitrogens is 1. The van der Waals surface area contributed by atoms with E-state index in [1.807, 2.05) is 33.8 Å². The summed E-state index contributed by atoms with van der Waals surface area (Å²) in [6.45, 7) is 12.3. The molecule has 1 unspecified atom stereocenters. The topological polar surface area (TPSA) is 192 Å². The maximum absolute atomic E-state index is 15.0. The first-order chi connectivity index (χ1) is 28.6. The van der Waals surface area contributed by atoms with Gasteiger partial charge in [0, 0.05) is 29.4 Å². The quantitative estimate of drug-likeness (QED) is 0.250. The molecule has 328 valence electrons. The molecule has 1 aromatic carbocycles. The summed E-state index contributed by atoms with van der Waals surface area (Å²) in [5.41, 5.74) is 0.593. The van der Waals surface area contributed by atoms with Crippen LogP contribution in [0, 0.1) is 17.3 Å². The van der Waals surface area contributed by atoms with E-state index in [0.717, 1.165) is 54.4 Å². The number of alkyl carbamates (subject to hydrolysis) is 1. The molecule has 3 heterocycles. The molecule has 0 radical (unpaired) electrons. The fraction of sp³-hybridized carbons (Fsp3) is 0.659. The molecule has 3 aliphatic carbocycles. The summed E-state index contributed by atoms with van der Waals surface area (Å²) >= 11 is 0. The van der Waals surface area contributed by atoms with Crippen molar-refractivity contribution in [1.29, 1.82) is 0 Å². The van der Waals surface area contributed by atoms with E-state index in [1.165, 1.54) is 11.0 Å². The van der Waals surface area contributed by atoms with E-state index in [2.05, 4.69) is 21.9 Å². The normalized spacial score (nSPS) is 27.4. The minimum atomic E-state index is -3.91. The van der Waals surface area contributed by atoms with Gasteiger partial charge < -0.3 is 34.5 Å². The van der Waals surface area contributed by atoms with Crippen LogP contribution in [0.25, 0.3) is 10.9 Å². The second-order valence-corrected chi connectivity index (χ2v) is 19.9. The third-order valence-electron chi connectivity index (χ3n) is 13.0. The first kappa shape index (κ1) is 43.5. The molecule has 1 aromatic heterocycles. The largest absolute Gasteiger partial charge is 0.496 e. The van der Waals surface area contributed by atoms with E-state index >= 15 is 4.79 Å². The summed E-state index contributed by atoms with van der Waals surface area (Å²) in [6, 6.07) is 1.66. The number of aryl methyl sites for hydroxylation is 2. The van der Waals surface area contributed by atoms with Gasteiger partial charge in [-0.3, -0.25) is 19.1 Å². The number of nitrogens with one attached hydrogen (secondary N) is 3. The molecule has 4 fully saturated rings. The fourth-order valence-corrected chi connectivity index (χ4v) is 10.7. The fourth-order valence-electron chi connectivity index (χ4n) is 9.37. The van der Waals surface area contributed by atoms with Gasteiger partial charge in [-0.25, -0.2) is 18.2 Å². The molecule has 7 rings (SSSR count). The van der Waals surface area contributed by atoms with E-state index in [9.17, 15) is 22.8 Å². The standard InChI is InChI=1S/C44H61N5O10S/c1-7-28-23-44(28,41(52)48-60(54,55)30-17-18-30)47-39(50)33-21-29-24-49(33)40(51)36(26-14-11-10-12-15-26)46-42(53)58-25-43(4,5)19-13-16-27-20-32-34(59-29)22-35(57-9-3)45-37(32)31(8-2)38(27)56-6/h7,20,22,26,28-30,33,36H,1,8-19,21,23-25H2,2-6H3,(H,46,53)(H,47,50)(H,48,52)/t28-,29-,33+,36+,44?/m1/s1. The van der Waals surface area contributed by atoms with Crippen LogP contribution in [0.1, 0.15) is 109 Å². The number of hydrogen-bond donors (Lipinski definition) is 3. The van der Waals surface area contributed by atoms with Crippen molar-refractivity contribution in [2.24, 2.45) is 17.3 Å². The van der Waals surface area contributed by atoms with Crippen LogP contribution in [0.5, 0.6) is 17.4 Å². The van der Waals surface area contributed by atoms with Crippen LogP contribution in [-0.4, -0.2) is 98.0 Å². The lowest BCUT2D eigenvalue weighted by Crippen LogP contribution is -2.59. The molecular formula is C44H61N5O10S. The molecule has 16 heteroatoms. The Morgan fingerprint density at radius 3 is 2.50 bits per heavy atom. The van der Waals surface area contributed by atoms with Crippen LogP contribution in [0.3, 0.4) is 0 Å². The molecule has 4 bridgehead atoms. The highest BCUT2D eigenvalue weighted by Gasteiger charge is 2.62. The maximum Gasteiger partial charge on any atom is 0.407 e. The Kier molecular flexibility index (Phi) is 12.6. The third-order valence-corrected chi connectivity index (χ3v) is 14.8. The summed E-state index contributed by atoms with van der Waals surface area (Å²) in [5, 5.41) is 5.89. The van der Waals surface area contributed by atoms with Crippen LogP contribution < -0.4 is 29.6 Å². The second-order valence-electron chi connectivity index (χ2n) is 18.0. The lowest BCUT2D eigenvalue weighted by Gasteiger charge is -2.35. The van der Waals surface area contributed by atoms with Crippen molar-refractivity contribution in [3.63, 3.8) is 0 Å². The molecule has 2 aliphatic heterocycles. The highest BCUT2D eigenvalue weighted by molar-refractivity contribution is 7.91. The van der Waals surface area contributed by atoms with Gasteiger partial charge in [0.2, 0.25) is 27.7 Å². The Bertz CT molecular complexity index is 2120. The van der Waals surface area contributed by atoms with Crippen molar-refractivity contribution >= 4 is 44.7 Å². The van der Waals surface area contributed by atoms with Gasteiger partial charge in [-0.1, -0.05) is 46.1 Å². The van der Waals surface area contributed by atoms with Crippen molar-refractivity contribution in [3.8, 4) is 17.4 Å². The zero-order chi connectivity index (χ0) is 43.0. The first-order valence-electron chi connectivity index (χ1n) is 21.7. The Hall–Kier alpha value is -4.60. The number of methoxy groups -OCH3 is 1. The van der Waals surface area contributed by atoms with Gasteiger partial charge in [-0.05, 0) is 87.7 Å². The van der Waals surface area contributed by atoms with Gasteiger partial charge >= 0.3 is 6.09 Å². The van der Waals surface area contributed by atoms with Crippen molar-refractivity contribution in [2.45, 2.75) is 140 Å². The van der Waals surface area contributed by atoms with E-state index < -0.39 is 68.7 Å². The van der Waals surface area contributed by atoms with Crippen molar-refractivity contribution in [3.05, 3.63) is 35.9 Å². The Morgan fingerprint density at radius 1 is 1.10 bits per heavy atom. The molecule has 15 nitrogen and oxygen atoms in total. The average Bonchev–Trinajstić information content (AvgIpc) is 4.15. The molecule has 60 heavy (non-hydrogen) atoms. The molecule has 2 aromatic rings. The van der Waals surface area contributed by atoms with Gasteiger partial charge in [0.05, 0.1) is 37.6 Å². The lowest BCUT2D eigenvalue weighted by molar-refractivity contribution is -0.142. The number of hydrogen-bond acceptors (Lipinski definition) is 11. The van der Waals surface area contributed by atoms with E-state index in [-0.39, 0.29) is 37.3 Å². The number of rotatable bonds is 11. The number of amides is 4. The molecule has 5 atom stereocenters. The van der Waals surface area contributed by atoms with E-state index in [0.29, 0.717) is 62.3 Å². The van der Waals surface area contributed by atoms with Crippen molar-refractivity contribution < 1.29 is 46.5 Å². The summed E-state index contributed by atoms with van der Waals surface area (Å²) in [6.07, 6.45) is 8.25. The lowest BCUT2D eigenvalue weighted by atomic mass is 9.83. The highest BCUT2D eigenvalue weighted by Crippen LogP contribution is 2.46. The Balaban J connectivity index is 1.29. The monoisotopic (exact) mass is 851 g/mol. The minimum Gasteiger partial charge on any atom is -0.496 e. The predicted octanol–water partition coefficient (Wildman–Crippen LogP) is 5.26. The number of benzene rings is 1. The maximum atomic E-state index is 15.0. The van der Waals surface area contributed by atoms with Crippen LogP contribution in [0.15, 0.2) is 24.8 Å². The first-order valence-corrected chi connectivity index (χ1v) is 23.3. The number of nitrogens with zero attached hydrogens (tertiary/aromatic N) is 2. The smallest absolute Gasteiger partial charge is 0.407 e. The molecular weight excluding hydrogens is 791 g/mol. The third kappa shape index (κ3) is 9.03. The summed E-state index contributed by atoms with van der Waals surface area (Å²) < 4.78 is 52.6. The number of sulfonamides is 1. The summed E-state index contributed by atoms with van der Waals surface area (Å²) in [5.74, 6) is -1.07. The van der Waals surface area contributed by atoms with Gasteiger partial charge in [0.15, 0.2) is 0 Å². The van der Waals surface area contributed by atoms with Crippen LogP contribution in [-0.2, 0) is 42.0 Å². The number of carbonyl (C=O) groups is 4. The van der Waals surface area contributed by atoms with Crippen LogP contribution in [0.4, 0.5) is 4.79 Å². The van der Waals surface area contributed by atoms with Gasteiger partial charge in [-0.15, -0.1) is 6.58 Å². The van der Waals surface area contributed by atoms with Gasteiger partial charge in [0.1, 0.15) is 35.2 Å². The van der Waals surface area contributed by atoms with E-state index in [4.69, 9.17) is 23.9 Å². The zero-order valence-electron chi connectivity index (χ0n) is 35.6. The minimum absolute atomic E-state index is 0.0124. The SMILES string of the molecule is C=C[C@@H]1CC1(NC(=O)[C@@H]1C[C@@H]2CN1C(=O)[C@H](C1CCCCC1)NC(=O)OCC(C)(C)CCCc1cc3c(cc(OCC)nc3c(CC)c1OC)O2)C(=O)NS(=O)(=O)C1CC1. The number of ether oxygens (including phenoxy) is 4. The number of pyridine rings is 1. The van der Waals surface area contributed by atoms with Crippen molar-refractivity contribution in [1.82, 2.24) is 25.2 Å². The molecule has 0 spiro atoms. The van der Waals surface area contributed by atoms with Gasteiger partial charge in [0.25, 0.3) is 5.91 Å². The van der Waals surface area contributed by atoms with E-state index in [1.54, 1.807) is 13.2 Å². The summed E-state index contributed by atoms with van der Waals surface area (Å²) in [4.78, 5) is 63.3. The predicted molar refractivity (Wildman–Crippen MR) is 224 cm³/mol. The summed E-state index contributed by atoms with van der Waals surface area (Å²) in [7, 11) is -2.26. The number of fused-ring (bicyclic) bond motifs is 3. The second kappa shape index (κ2) is 17.4. The van der Waals surface area contributed by atoms with Crippen LogP contribution >= 0.6 is 0 Å². The van der Waals surface area contributed by atoms with Crippen LogP contribution in [0.2, 0.25) is 0 Å².